The van der Waals surface area contributed by atoms with Crippen LogP contribution in [0.2, 0.25) is 0 Å². The van der Waals surface area contributed by atoms with Gasteiger partial charge in [-0.1, -0.05) is 45.4 Å². The quantitative estimate of drug-likeness (QED) is 0.369. The van der Waals surface area contributed by atoms with Gasteiger partial charge in [0.15, 0.2) is 0 Å². The molecule has 146 valence electrons. The Morgan fingerprint density at radius 3 is 2.74 bits per heavy atom. The van der Waals surface area contributed by atoms with E-state index < -0.39 is 0 Å². The lowest BCUT2D eigenvalue weighted by Crippen LogP contribution is -2.17. The molecule has 0 spiro atoms. The van der Waals surface area contributed by atoms with Crippen LogP contribution in [-0.2, 0) is 9.53 Å². The monoisotopic (exact) mass is 370 g/mol. The largest absolute Gasteiger partial charge is 0.497 e. The van der Waals surface area contributed by atoms with Gasteiger partial charge in [-0.15, -0.1) is 0 Å². The van der Waals surface area contributed by atoms with Gasteiger partial charge in [0, 0.05) is 17.1 Å². The molecule has 0 aliphatic carbocycles. The number of esters is 1. The smallest absolute Gasteiger partial charge is 0.331 e. The van der Waals surface area contributed by atoms with Crippen molar-refractivity contribution in [3.8, 4) is 11.5 Å². The molecule has 0 saturated carbocycles. The van der Waals surface area contributed by atoms with Gasteiger partial charge < -0.3 is 14.2 Å². The molecule has 0 N–H and O–H groups in total. The second-order valence-electron chi connectivity index (χ2n) is 7.29. The number of carbonyl (C=O) groups excluding carboxylic acids is 1. The Kier molecular flexibility index (Phi) is 7.28. The maximum Gasteiger partial charge on any atom is 0.331 e. The van der Waals surface area contributed by atoms with Crippen LogP contribution in [0.1, 0.15) is 46.1 Å². The molecule has 1 aliphatic heterocycles. The van der Waals surface area contributed by atoms with Crippen molar-refractivity contribution in [3.05, 3.63) is 53.6 Å². The van der Waals surface area contributed by atoms with Crippen LogP contribution >= 0.6 is 0 Å². The number of ether oxygens (including phenoxy) is 3. The number of allylic oxidation sites excluding steroid dienone is 4. The Morgan fingerprint density at radius 2 is 2.07 bits per heavy atom. The highest BCUT2D eigenvalue weighted by atomic mass is 16.5. The van der Waals surface area contributed by atoms with Gasteiger partial charge in [0.2, 0.25) is 0 Å². The van der Waals surface area contributed by atoms with E-state index in [2.05, 4.69) is 32.9 Å². The second kappa shape index (κ2) is 9.45. The summed E-state index contributed by atoms with van der Waals surface area (Å²) in [7, 11) is 1.66. The van der Waals surface area contributed by atoms with Crippen molar-refractivity contribution in [1.29, 1.82) is 0 Å². The average molecular weight is 370 g/mol. The predicted molar refractivity (Wildman–Crippen MR) is 109 cm³/mol. The van der Waals surface area contributed by atoms with Crippen LogP contribution in [0.4, 0.5) is 0 Å². The number of rotatable bonds is 7. The van der Waals surface area contributed by atoms with E-state index in [9.17, 15) is 4.79 Å². The molecule has 0 amide bonds. The van der Waals surface area contributed by atoms with Crippen LogP contribution in [0.3, 0.4) is 0 Å². The number of hydrogen-bond donors (Lipinski definition) is 0. The molecule has 1 aromatic rings. The van der Waals surface area contributed by atoms with Crippen LogP contribution < -0.4 is 9.47 Å². The van der Waals surface area contributed by atoms with Gasteiger partial charge in [0.25, 0.3) is 0 Å². The molecule has 1 aromatic carbocycles. The Balaban J connectivity index is 2.42. The van der Waals surface area contributed by atoms with Crippen LogP contribution in [0.25, 0.3) is 5.57 Å². The Labute approximate surface area is 162 Å². The summed E-state index contributed by atoms with van der Waals surface area (Å²) >= 11 is 0. The minimum atomic E-state index is -0.300. The van der Waals surface area contributed by atoms with Gasteiger partial charge in [0.05, 0.1) is 20.3 Å². The summed E-state index contributed by atoms with van der Waals surface area (Å²) in [5.41, 5.74) is 2.88. The van der Waals surface area contributed by atoms with Gasteiger partial charge >= 0.3 is 5.97 Å². The third-order valence-electron chi connectivity index (χ3n) is 4.25. The maximum atomic E-state index is 11.8. The zero-order valence-corrected chi connectivity index (χ0v) is 17.0. The molecule has 0 saturated heterocycles. The number of hydrogen-bond acceptors (Lipinski definition) is 4. The minimum absolute atomic E-state index is 0.109. The van der Waals surface area contributed by atoms with Crippen molar-refractivity contribution < 1.29 is 19.0 Å². The normalized spacial score (nSPS) is 16.2. The zero-order chi connectivity index (χ0) is 19.9. The summed E-state index contributed by atoms with van der Waals surface area (Å²) in [4.78, 5) is 11.8. The van der Waals surface area contributed by atoms with Crippen LogP contribution in [0.15, 0.2) is 48.1 Å². The highest BCUT2D eigenvalue weighted by Gasteiger charge is 2.23. The molecule has 4 nitrogen and oxygen atoms in total. The topological polar surface area (TPSA) is 44.8 Å². The first kappa shape index (κ1) is 20.8. The van der Waals surface area contributed by atoms with E-state index in [0.29, 0.717) is 13.2 Å². The number of methoxy groups -OCH3 is 1. The Bertz CT molecular complexity index is 754. The lowest BCUT2D eigenvalue weighted by Gasteiger charge is -2.18. The summed E-state index contributed by atoms with van der Waals surface area (Å²) in [5.74, 6) is 1.32. The fourth-order valence-electron chi connectivity index (χ4n) is 2.95. The van der Waals surface area contributed by atoms with Gasteiger partial charge in [0.1, 0.15) is 11.5 Å². The predicted octanol–water partition coefficient (Wildman–Crippen LogP) is 5.34. The number of benzene rings is 1. The summed E-state index contributed by atoms with van der Waals surface area (Å²) < 4.78 is 16.4. The molecular formula is C23H30O4. The van der Waals surface area contributed by atoms with E-state index >= 15 is 0 Å². The standard InChI is InChI=1S/C23H30O4/c1-6-8-17(13-22(24)26-7-2)9-10-18-15-23(3,4)16-27-21-12-11-19(25-5)14-20(18)21/h9-15H,6-8,16H2,1-5H3/b10-9+,17-13-. The SMILES string of the molecule is CCCC(=C/C(=O)OCC)/C=C/C1=CC(C)(C)COc2ccc(OC)cc21. The number of carbonyl (C=O) groups is 1. The first-order valence-electron chi connectivity index (χ1n) is 9.48. The highest BCUT2D eigenvalue weighted by molar-refractivity contribution is 5.84. The minimum Gasteiger partial charge on any atom is -0.497 e. The Hall–Kier alpha value is -2.49. The Morgan fingerprint density at radius 1 is 1.30 bits per heavy atom. The molecule has 0 unspecified atom stereocenters. The van der Waals surface area contributed by atoms with Crippen LogP contribution in [-0.4, -0.2) is 26.3 Å². The first-order valence-corrected chi connectivity index (χ1v) is 9.48. The molecule has 0 bridgehead atoms. The molecule has 0 atom stereocenters. The lowest BCUT2D eigenvalue weighted by molar-refractivity contribution is -0.137. The molecular weight excluding hydrogens is 340 g/mol. The van der Waals surface area contributed by atoms with Gasteiger partial charge in [-0.05, 0) is 42.7 Å². The average Bonchev–Trinajstić information content (AvgIpc) is 2.75. The molecule has 1 heterocycles. The van der Waals surface area contributed by atoms with Crippen LogP contribution in [0, 0.1) is 5.41 Å². The second-order valence-corrected chi connectivity index (χ2v) is 7.29. The highest BCUT2D eigenvalue weighted by Crippen LogP contribution is 2.37. The van der Waals surface area contributed by atoms with E-state index in [1.54, 1.807) is 13.2 Å². The fraction of sp³-hybridized carbons (Fsp3) is 0.435. The van der Waals surface area contributed by atoms with E-state index in [1.165, 1.54) is 0 Å². The third kappa shape index (κ3) is 6.02. The summed E-state index contributed by atoms with van der Waals surface area (Å²) in [6.07, 6.45) is 9.60. The van der Waals surface area contributed by atoms with E-state index in [-0.39, 0.29) is 11.4 Å². The molecule has 2 rings (SSSR count). The first-order chi connectivity index (χ1) is 12.9. The van der Waals surface area contributed by atoms with Crippen molar-refractivity contribution in [2.24, 2.45) is 5.41 Å². The number of fused-ring (bicyclic) bond motifs is 1. The molecule has 0 fully saturated rings. The van der Waals surface area contributed by atoms with E-state index in [0.717, 1.165) is 41.1 Å². The van der Waals surface area contributed by atoms with Crippen molar-refractivity contribution in [2.75, 3.05) is 20.3 Å². The van der Waals surface area contributed by atoms with E-state index in [1.807, 2.05) is 31.2 Å². The van der Waals surface area contributed by atoms with E-state index in [4.69, 9.17) is 14.2 Å². The summed E-state index contributed by atoms with van der Waals surface area (Å²) in [6.45, 7) is 9.17. The van der Waals surface area contributed by atoms with Gasteiger partial charge in [-0.2, -0.15) is 0 Å². The molecule has 27 heavy (non-hydrogen) atoms. The third-order valence-corrected chi connectivity index (χ3v) is 4.25. The van der Waals surface area contributed by atoms with Crippen molar-refractivity contribution >= 4 is 11.5 Å². The summed E-state index contributed by atoms with van der Waals surface area (Å²) in [5, 5.41) is 0. The summed E-state index contributed by atoms with van der Waals surface area (Å²) in [6, 6.07) is 5.84. The molecule has 0 aromatic heterocycles. The molecule has 0 radical (unpaired) electrons. The molecule has 4 heteroatoms. The van der Waals surface area contributed by atoms with Gasteiger partial charge in [-0.3, -0.25) is 0 Å². The zero-order valence-electron chi connectivity index (χ0n) is 17.0. The van der Waals surface area contributed by atoms with Crippen LogP contribution in [0.5, 0.6) is 11.5 Å². The van der Waals surface area contributed by atoms with Crippen molar-refractivity contribution in [2.45, 2.75) is 40.5 Å². The maximum absolute atomic E-state index is 11.8. The van der Waals surface area contributed by atoms with Crippen molar-refractivity contribution in [3.63, 3.8) is 0 Å². The lowest BCUT2D eigenvalue weighted by atomic mass is 9.90. The van der Waals surface area contributed by atoms with Crippen molar-refractivity contribution in [1.82, 2.24) is 0 Å². The van der Waals surface area contributed by atoms with Gasteiger partial charge in [-0.25, -0.2) is 4.79 Å². The molecule has 1 aliphatic rings. The fourth-order valence-corrected chi connectivity index (χ4v) is 2.95.